The predicted octanol–water partition coefficient (Wildman–Crippen LogP) is 4.99. The maximum absolute atomic E-state index is 12.5. The van der Waals surface area contributed by atoms with Crippen LogP contribution in [0, 0.1) is 5.41 Å². The SMILES string of the molecule is CC(C)(C)C[CH]1[Ge][CH]=C1c1ccc(C(F)(F)F)cc1. The predicted molar refractivity (Wildman–Crippen MR) is 73.0 cm³/mol. The standard InChI is InChI=1S/C15H17F3Ge/c1-14(2,3)8-13-12(9-19-13)10-4-6-11(7-5-10)15(16,17)18/h4-7,9,13H,8H2,1-3H3. The fourth-order valence-corrected chi connectivity index (χ4v) is 5.63. The molecule has 1 aliphatic heterocycles. The van der Waals surface area contributed by atoms with Crippen molar-refractivity contribution >= 4 is 21.0 Å². The van der Waals surface area contributed by atoms with Gasteiger partial charge in [0.15, 0.2) is 0 Å². The Morgan fingerprint density at radius 1 is 1.05 bits per heavy atom. The number of alkyl halides is 3. The summed E-state index contributed by atoms with van der Waals surface area (Å²) in [7, 11) is 0. The summed E-state index contributed by atoms with van der Waals surface area (Å²) in [5, 5.41) is 0. The van der Waals surface area contributed by atoms with E-state index in [2.05, 4.69) is 25.7 Å². The zero-order valence-corrected chi connectivity index (χ0v) is 13.4. The first-order valence-corrected chi connectivity index (χ1v) is 8.73. The summed E-state index contributed by atoms with van der Waals surface area (Å²) in [6.07, 6.45) is -3.12. The van der Waals surface area contributed by atoms with Crippen LogP contribution in [-0.4, -0.2) is 15.4 Å². The molecular formula is C15H17F3Ge. The van der Waals surface area contributed by atoms with Gasteiger partial charge in [0.25, 0.3) is 0 Å². The van der Waals surface area contributed by atoms with E-state index in [0.717, 1.165) is 12.0 Å². The number of allylic oxidation sites excluding steroid dienone is 1. The average molecular weight is 327 g/mol. The Kier molecular flexibility index (Phi) is 3.87. The summed E-state index contributed by atoms with van der Waals surface area (Å²) in [6.45, 7) is 6.63. The minimum absolute atomic E-state index is 0.0526. The quantitative estimate of drug-likeness (QED) is 0.672. The molecule has 102 valence electrons. The van der Waals surface area contributed by atoms with Gasteiger partial charge >= 0.3 is 118 Å². The zero-order chi connectivity index (χ0) is 14.3. The molecule has 2 radical (unpaired) electrons. The Labute approximate surface area is 118 Å². The van der Waals surface area contributed by atoms with Crippen molar-refractivity contribution in [2.24, 2.45) is 5.41 Å². The number of hydrogen-bond donors (Lipinski definition) is 0. The number of rotatable bonds is 2. The maximum atomic E-state index is 12.5. The summed E-state index contributed by atoms with van der Waals surface area (Å²) < 4.78 is 38.1. The van der Waals surface area contributed by atoms with E-state index in [-0.39, 0.29) is 20.8 Å². The molecule has 0 saturated carbocycles. The Balaban J connectivity index is 2.12. The molecule has 0 N–H and O–H groups in total. The van der Waals surface area contributed by atoms with Crippen LogP contribution in [0.1, 0.15) is 38.3 Å². The third kappa shape index (κ3) is 3.65. The topological polar surface area (TPSA) is 0 Å². The van der Waals surface area contributed by atoms with E-state index in [0.29, 0.717) is 4.75 Å². The van der Waals surface area contributed by atoms with E-state index in [4.69, 9.17) is 0 Å². The van der Waals surface area contributed by atoms with Crippen molar-refractivity contribution in [1.29, 1.82) is 0 Å². The van der Waals surface area contributed by atoms with E-state index in [9.17, 15) is 13.2 Å². The van der Waals surface area contributed by atoms with Crippen molar-refractivity contribution < 1.29 is 13.2 Å². The molecule has 1 unspecified atom stereocenters. The van der Waals surface area contributed by atoms with Crippen LogP contribution < -0.4 is 0 Å². The first kappa shape index (κ1) is 14.7. The van der Waals surface area contributed by atoms with E-state index in [1.54, 1.807) is 12.1 Å². The van der Waals surface area contributed by atoms with Crippen LogP contribution in [0.5, 0.6) is 0 Å². The molecule has 0 nitrogen and oxygen atoms in total. The molecule has 0 amide bonds. The molecule has 1 atom stereocenters. The van der Waals surface area contributed by atoms with E-state index in [1.165, 1.54) is 17.7 Å². The van der Waals surface area contributed by atoms with Crippen LogP contribution >= 0.6 is 0 Å². The van der Waals surface area contributed by atoms with E-state index >= 15 is 0 Å². The third-order valence-electron chi connectivity index (χ3n) is 3.18. The second-order valence-corrected chi connectivity index (χ2v) is 8.93. The van der Waals surface area contributed by atoms with Crippen LogP contribution in [-0.2, 0) is 6.18 Å². The Morgan fingerprint density at radius 3 is 2.00 bits per heavy atom. The summed E-state index contributed by atoms with van der Waals surface area (Å²) in [6, 6.07) is 5.58. The molecular weight excluding hydrogens is 310 g/mol. The first-order chi connectivity index (χ1) is 8.67. The molecule has 1 aromatic carbocycles. The monoisotopic (exact) mass is 328 g/mol. The number of halogens is 3. The van der Waals surface area contributed by atoms with Crippen molar-refractivity contribution in [3.8, 4) is 0 Å². The Hall–Kier alpha value is -0.707. The molecule has 1 heterocycles. The van der Waals surface area contributed by atoms with Crippen LogP contribution in [0.3, 0.4) is 0 Å². The normalized spacial score (nSPS) is 19.9. The summed E-state index contributed by atoms with van der Waals surface area (Å²) >= 11 is -0.0526. The van der Waals surface area contributed by atoms with E-state index < -0.39 is 11.7 Å². The van der Waals surface area contributed by atoms with Gasteiger partial charge in [-0.15, -0.1) is 0 Å². The molecule has 4 heteroatoms. The van der Waals surface area contributed by atoms with Gasteiger partial charge < -0.3 is 0 Å². The second-order valence-electron chi connectivity index (χ2n) is 6.16. The molecule has 0 bridgehead atoms. The van der Waals surface area contributed by atoms with Crippen LogP contribution in [0.2, 0.25) is 4.75 Å². The van der Waals surface area contributed by atoms with Crippen LogP contribution in [0.15, 0.2) is 29.2 Å². The van der Waals surface area contributed by atoms with Crippen molar-refractivity contribution in [2.45, 2.75) is 38.1 Å². The van der Waals surface area contributed by atoms with Gasteiger partial charge in [-0.05, 0) is 0 Å². The fourth-order valence-electron chi connectivity index (χ4n) is 2.20. The summed E-state index contributed by atoms with van der Waals surface area (Å²) in [4.78, 5) is 2.25. The molecule has 1 aromatic rings. The van der Waals surface area contributed by atoms with Gasteiger partial charge in [0.2, 0.25) is 0 Å². The Bertz CT molecular complexity index is 478. The van der Waals surface area contributed by atoms with Gasteiger partial charge in [0.1, 0.15) is 0 Å². The van der Waals surface area contributed by atoms with Crippen molar-refractivity contribution in [2.75, 3.05) is 0 Å². The fraction of sp³-hybridized carbons (Fsp3) is 0.467. The second kappa shape index (κ2) is 5.00. The van der Waals surface area contributed by atoms with E-state index in [1.807, 2.05) is 0 Å². The third-order valence-corrected chi connectivity index (χ3v) is 6.10. The molecule has 0 spiro atoms. The number of benzene rings is 1. The molecule has 1 aliphatic rings. The van der Waals surface area contributed by atoms with Gasteiger partial charge in [-0.2, -0.15) is 0 Å². The molecule has 0 aromatic heterocycles. The molecule has 19 heavy (non-hydrogen) atoms. The molecule has 2 rings (SSSR count). The average Bonchev–Trinajstić information content (AvgIpc) is 2.23. The van der Waals surface area contributed by atoms with Gasteiger partial charge in [-0.25, -0.2) is 0 Å². The minimum atomic E-state index is -4.24. The Morgan fingerprint density at radius 2 is 1.63 bits per heavy atom. The van der Waals surface area contributed by atoms with Gasteiger partial charge in [0.05, 0.1) is 0 Å². The van der Waals surface area contributed by atoms with Crippen molar-refractivity contribution in [3.63, 3.8) is 0 Å². The van der Waals surface area contributed by atoms with Gasteiger partial charge in [0, 0.05) is 0 Å². The summed E-state index contributed by atoms with van der Waals surface area (Å²) in [5.41, 5.74) is 1.92. The van der Waals surface area contributed by atoms with Crippen LogP contribution in [0.4, 0.5) is 13.2 Å². The first-order valence-electron chi connectivity index (χ1n) is 6.30. The van der Waals surface area contributed by atoms with Crippen molar-refractivity contribution in [3.05, 3.63) is 40.3 Å². The van der Waals surface area contributed by atoms with Gasteiger partial charge in [-0.3, -0.25) is 0 Å². The van der Waals surface area contributed by atoms with Crippen molar-refractivity contribution in [1.82, 2.24) is 0 Å². The summed E-state index contributed by atoms with van der Waals surface area (Å²) in [5.74, 6) is 0. The number of hydrogen-bond acceptors (Lipinski definition) is 0. The zero-order valence-electron chi connectivity index (χ0n) is 11.3. The van der Waals surface area contributed by atoms with Gasteiger partial charge in [-0.1, -0.05) is 0 Å². The molecule has 0 fully saturated rings. The molecule has 0 saturated heterocycles. The molecule has 0 aliphatic carbocycles. The van der Waals surface area contributed by atoms with Crippen LogP contribution in [0.25, 0.3) is 5.57 Å².